The number of aliphatic hydroxyl groups is 1. The molecule has 1 rings (SSSR count). The number of halogens is 1. The summed E-state index contributed by atoms with van der Waals surface area (Å²) in [4.78, 5) is 0. The molecule has 0 saturated carbocycles. The van der Waals surface area contributed by atoms with Crippen LogP contribution in [0.1, 0.15) is 5.56 Å². The van der Waals surface area contributed by atoms with Gasteiger partial charge >= 0.3 is 0 Å². The quantitative estimate of drug-likeness (QED) is 0.656. The molecule has 0 bridgehead atoms. The number of nitrogens with two attached hydrogens (primary N) is 1. The Hall–Kier alpha value is -0.660. The van der Waals surface area contributed by atoms with Crippen LogP contribution < -0.4 is 10.5 Å². The average molecular weight is 267 g/mol. The maximum atomic E-state index is 11.1. The second-order valence-electron chi connectivity index (χ2n) is 3.30. The summed E-state index contributed by atoms with van der Waals surface area (Å²) in [5.41, 5.74) is 4.04. The summed E-state index contributed by atoms with van der Waals surface area (Å²) in [7, 11) is -3.52. The van der Waals surface area contributed by atoms with Crippen molar-refractivity contribution in [1.29, 1.82) is 0 Å². The summed E-state index contributed by atoms with van der Waals surface area (Å²) < 4.78 is 24.2. The number of hydrogen-bond acceptors (Lipinski definition) is 4. The second-order valence-corrected chi connectivity index (χ2v) is 5.05. The van der Waals surface area contributed by atoms with Crippen molar-refractivity contribution in [2.45, 2.75) is 5.72 Å². The molecule has 5 nitrogen and oxygen atoms in total. The van der Waals surface area contributed by atoms with Gasteiger partial charge in [0.2, 0.25) is 10.0 Å². The van der Waals surface area contributed by atoms with Crippen LogP contribution in [0, 0.1) is 0 Å². The normalized spacial score (nSPS) is 14.9. The fraction of sp³-hybridized carbons (Fsp3) is 0.333. The van der Waals surface area contributed by atoms with E-state index in [1.165, 1.54) is 0 Å². The van der Waals surface area contributed by atoms with Crippen LogP contribution in [0.4, 0.5) is 0 Å². The van der Waals surface area contributed by atoms with Gasteiger partial charge in [-0.15, -0.1) is 12.4 Å². The number of sulfonamides is 1. The summed E-state index contributed by atoms with van der Waals surface area (Å²) >= 11 is 0. The first-order chi connectivity index (χ1) is 6.87. The average Bonchev–Trinajstić information content (AvgIpc) is 2.16. The number of hydrogen-bond donors (Lipinski definition) is 3. The number of rotatable bonds is 4. The van der Waals surface area contributed by atoms with Crippen LogP contribution >= 0.6 is 12.4 Å². The summed E-state index contributed by atoms with van der Waals surface area (Å²) in [6, 6.07) is 8.36. The largest absolute Gasteiger partial charge is 0.369 e. The highest BCUT2D eigenvalue weighted by Gasteiger charge is 2.30. The SMILES string of the molecule is CS(=O)(=O)NC(O)(CN)c1ccccc1.Cl. The molecular formula is C9H15ClN2O3S. The summed E-state index contributed by atoms with van der Waals surface area (Å²) in [6.45, 7) is -0.232. The van der Waals surface area contributed by atoms with E-state index >= 15 is 0 Å². The number of nitrogens with one attached hydrogen (secondary N) is 1. The lowest BCUT2D eigenvalue weighted by molar-refractivity contribution is 0.0343. The third kappa shape index (κ3) is 4.07. The zero-order valence-corrected chi connectivity index (χ0v) is 10.4. The van der Waals surface area contributed by atoms with Gasteiger partial charge in [-0.3, -0.25) is 0 Å². The molecule has 0 amide bonds. The minimum absolute atomic E-state index is 0. The molecule has 0 aliphatic rings. The van der Waals surface area contributed by atoms with E-state index in [0.29, 0.717) is 5.56 Å². The van der Waals surface area contributed by atoms with Crippen LogP contribution in [0.15, 0.2) is 30.3 Å². The maximum absolute atomic E-state index is 11.1. The predicted octanol–water partition coefficient (Wildman–Crippen LogP) is -0.239. The second kappa shape index (κ2) is 5.60. The van der Waals surface area contributed by atoms with Crippen molar-refractivity contribution in [2.75, 3.05) is 12.8 Å². The molecule has 0 spiro atoms. The first kappa shape index (κ1) is 15.3. The molecular weight excluding hydrogens is 252 g/mol. The Morgan fingerprint density at radius 3 is 2.25 bits per heavy atom. The Balaban J connectivity index is 0.00000225. The van der Waals surface area contributed by atoms with Gasteiger partial charge in [0.15, 0.2) is 5.72 Å². The van der Waals surface area contributed by atoms with Gasteiger partial charge in [0.25, 0.3) is 0 Å². The van der Waals surface area contributed by atoms with Crippen LogP contribution in [0.25, 0.3) is 0 Å². The minimum atomic E-state index is -3.52. The van der Waals surface area contributed by atoms with Crippen LogP contribution in [0.2, 0.25) is 0 Å². The highest BCUT2D eigenvalue weighted by Crippen LogP contribution is 2.16. The van der Waals surface area contributed by atoms with Crippen LogP contribution in [0.3, 0.4) is 0 Å². The van der Waals surface area contributed by atoms with Crippen molar-refractivity contribution in [2.24, 2.45) is 5.73 Å². The smallest absolute Gasteiger partial charge is 0.211 e. The van der Waals surface area contributed by atoms with Crippen molar-refractivity contribution >= 4 is 22.4 Å². The van der Waals surface area contributed by atoms with Gasteiger partial charge in [0.05, 0.1) is 6.26 Å². The predicted molar refractivity (Wildman–Crippen MR) is 64.6 cm³/mol. The zero-order chi connectivity index (χ0) is 11.5. The van der Waals surface area contributed by atoms with E-state index in [9.17, 15) is 13.5 Å². The molecule has 0 fully saturated rings. The van der Waals surface area contributed by atoms with Crippen molar-refractivity contribution in [3.05, 3.63) is 35.9 Å². The molecule has 1 unspecified atom stereocenters. The fourth-order valence-electron chi connectivity index (χ4n) is 1.24. The van der Waals surface area contributed by atoms with E-state index in [1.807, 2.05) is 0 Å². The lowest BCUT2D eigenvalue weighted by atomic mass is 10.0. The lowest BCUT2D eigenvalue weighted by Crippen LogP contribution is -2.50. The fourth-order valence-corrected chi connectivity index (χ4v) is 2.05. The van der Waals surface area contributed by atoms with E-state index in [-0.39, 0.29) is 19.0 Å². The first-order valence-electron chi connectivity index (χ1n) is 4.34. The molecule has 0 aliphatic heterocycles. The third-order valence-corrected chi connectivity index (χ3v) is 2.61. The highest BCUT2D eigenvalue weighted by atomic mass is 35.5. The Labute approximate surface area is 101 Å². The monoisotopic (exact) mass is 266 g/mol. The van der Waals surface area contributed by atoms with Crippen LogP contribution in [0.5, 0.6) is 0 Å². The topological polar surface area (TPSA) is 92.4 Å². The molecule has 7 heteroatoms. The van der Waals surface area contributed by atoms with Crippen LogP contribution in [-0.2, 0) is 15.7 Å². The van der Waals surface area contributed by atoms with E-state index in [1.54, 1.807) is 30.3 Å². The van der Waals surface area contributed by atoms with Gasteiger partial charge in [-0.2, -0.15) is 4.72 Å². The van der Waals surface area contributed by atoms with Crippen LogP contribution in [-0.4, -0.2) is 26.3 Å². The van der Waals surface area contributed by atoms with Crippen molar-refractivity contribution in [3.63, 3.8) is 0 Å². The summed E-state index contributed by atoms with van der Waals surface area (Å²) in [5, 5.41) is 10.0. The summed E-state index contributed by atoms with van der Waals surface area (Å²) in [6.07, 6.45) is 0.969. The van der Waals surface area contributed by atoms with Gasteiger partial charge in [0.1, 0.15) is 0 Å². The lowest BCUT2D eigenvalue weighted by Gasteiger charge is -2.27. The zero-order valence-electron chi connectivity index (χ0n) is 8.75. The van der Waals surface area contributed by atoms with Gasteiger partial charge in [0, 0.05) is 12.1 Å². The number of benzene rings is 1. The Kier molecular flexibility index (Phi) is 5.37. The molecule has 1 aromatic rings. The van der Waals surface area contributed by atoms with Gasteiger partial charge in [-0.05, 0) is 0 Å². The minimum Gasteiger partial charge on any atom is -0.369 e. The van der Waals surface area contributed by atoms with Crippen molar-refractivity contribution in [3.8, 4) is 0 Å². The van der Waals surface area contributed by atoms with E-state index < -0.39 is 15.7 Å². The molecule has 0 heterocycles. The third-order valence-electron chi connectivity index (χ3n) is 1.90. The molecule has 0 saturated heterocycles. The maximum Gasteiger partial charge on any atom is 0.211 e. The van der Waals surface area contributed by atoms with E-state index in [2.05, 4.69) is 4.72 Å². The van der Waals surface area contributed by atoms with E-state index in [4.69, 9.17) is 5.73 Å². The van der Waals surface area contributed by atoms with Gasteiger partial charge in [-0.25, -0.2) is 8.42 Å². The summed E-state index contributed by atoms with van der Waals surface area (Å²) in [5.74, 6) is 0. The van der Waals surface area contributed by atoms with E-state index in [0.717, 1.165) is 6.26 Å². The van der Waals surface area contributed by atoms with Crippen molar-refractivity contribution in [1.82, 2.24) is 4.72 Å². The molecule has 16 heavy (non-hydrogen) atoms. The molecule has 92 valence electrons. The molecule has 0 aromatic heterocycles. The Morgan fingerprint density at radius 2 is 1.88 bits per heavy atom. The standard InChI is InChI=1S/C9H14N2O3S.ClH/c1-15(13,14)11-9(12,7-10)8-5-3-2-4-6-8;/h2-6,11-12H,7,10H2,1H3;1H. The van der Waals surface area contributed by atoms with Gasteiger partial charge < -0.3 is 10.8 Å². The van der Waals surface area contributed by atoms with Gasteiger partial charge in [-0.1, -0.05) is 30.3 Å². The van der Waals surface area contributed by atoms with Crippen molar-refractivity contribution < 1.29 is 13.5 Å². The molecule has 1 aromatic carbocycles. The molecule has 4 N–H and O–H groups in total. The highest BCUT2D eigenvalue weighted by molar-refractivity contribution is 7.88. The first-order valence-corrected chi connectivity index (χ1v) is 6.23. The molecule has 0 aliphatic carbocycles. The molecule has 1 atom stereocenters. The Morgan fingerprint density at radius 1 is 1.38 bits per heavy atom. The Bertz CT molecular complexity index is 424. The molecule has 0 radical (unpaired) electrons.